The Hall–Kier alpha value is -3.34. The number of aromatic nitrogens is 3. The largest absolute Gasteiger partial charge is 0.456 e. The number of aromatic amines is 1. The van der Waals surface area contributed by atoms with Gasteiger partial charge >= 0.3 is 0 Å². The van der Waals surface area contributed by atoms with Crippen molar-refractivity contribution in [2.45, 2.75) is 0 Å². The van der Waals surface area contributed by atoms with Gasteiger partial charge in [0.05, 0.1) is 11.7 Å². The molecule has 4 rings (SSSR count). The molecule has 2 aromatic heterocycles. The van der Waals surface area contributed by atoms with Crippen molar-refractivity contribution in [3.8, 4) is 22.6 Å². The zero-order valence-corrected chi connectivity index (χ0v) is 13.1. The number of aryl methyl sites for hydroxylation is 1. The van der Waals surface area contributed by atoms with E-state index in [0.717, 1.165) is 22.0 Å². The molecule has 24 heavy (non-hydrogen) atoms. The quantitative estimate of drug-likeness (QED) is 0.626. The molecule has 0 atom stereocenters. The predicted molar refractivity (Wildman–Crippen MR) is 93.3 cm³/mol. The van der Waals surface area contributed by atoms with E-state index in [-0.39, 0.29) is 5.56 Å². The Morgan fingerprint density at radius 1 is 1.04 bits per heavy atom. The van der Waals surface area contributed by atoms with Crippen molar-refractivity contribution in [2.24, 2.45) is 7.05 Å². The summed E-state index contributed by atoms with van der Waals surface area (Å²) in [6.45, 7) is 0. The monoisotopic (exact) mass is 317 g/mol. The van der Waals surface area contributed by atoms with Crippen LogP contribution in [0.3, 0.4) is 0 Å². The molecule has 0 fully saturated rings. The second-order valence-corrected chi connectivity index (χ2v) is 5.58. The highest BCUT2D eigenvalue weighted by Gasteiger charge is 2.07. The first-order valence-electron chi connectivity index (χ1n) is 7.58. The Kier molecular flexibility index (Phi) is 3.39. The Labute approximate surface area is 138 Å². The number of rotatable bonds is 3. The highest BCUT2D eigenvalue weighted by atomic mass is 16.5. The fourth-order valence-corrected chi connectivity index (χ4v) is 2.69. The maximum atomic E-state index is 11.8. The summed E-state index contributed by atoms with van der Waals surface area (Å²) in [5, 5.41) is 5.05. The number of nitrogens with zero attached hydrogens (tertiary/aromatic N) is 2. The molecule has 5 heteroatoms. The van der Waals surface area contributed by atoms with Crippen LogP contribution in [0.25, 0.3) is 22.0 Å². The van der Waals surface area contributed by atoms with Crippen molar-refractivity contribution in [3.63, 3.8) is 0 Å². The third kappa shape index (κ3) is 2.67. The van der Waals surface area contributed by atoms with E-state index in [1.54, 1.807) is 4.68 Å². The van der Waals surface area contributed by atoms with Gasteiger partial charge in [0.25, 0.3) is 5.56 Å². The van der Waals surface area contributed by atoms with Gasteiger partial charge in [0.2, 0.25) is 0 Å². The van der Waals surface area contributed by atoms with Gasteiger partial charge in [0.15, 0.2) is 0 Å². The lowest BCUT2D eigenvalue weighted by Gasteiger charge is -2.09. The summed E-state index contributed by atoms with van der Waals surface area (Å²) in [6, 6.07) is 16.8. The smallest absolute Gasteiger partial charge is 0.252 e. The Morgan fingerprint density at radius 3 is 2.75 bits per heavy atom. The minimum absolute atomic E-state index is 0.188. The van der Waals surface area contributed by atoms with Crippen LogP contribution < -0.4 is 10.3 Å². The van der Waals surface area contributed by atoms with Gasteiger partial charge in [-0.1, -0.05) is 24.3 Å². The van der Waals surface area contributed by atoms with Gasteiger partial charge in [-0.3, -0.25) is 9.48 Å². The van der Waals surface area contributed by atoms with Crippen LogP contribution in [0.1, 0.15) is 0 Å². The van der Waals surface area contributed by atoms with Crippen molar-refractivity contribution in [1.82, 2.24) is 14.8 Å². The van der Waals surface area contributed by atoms with Gasteiger partial charge in [0, 0.05) is 30.3 Å². The summed E-state index contributed by atoms with van der Waals surface area (Å²) in [5.74, 6) is 1.21. The summed E-state index contributed by atoms with van der Waals surface area (Å²) in [7, 11) is 1.88. The second kappa shape index (κ2) is 5.70. The fraction of sp³-hybridized carbons (Fsp3) is 0.0526. The molecule has 0 radical (unpaired) electrons. The van der Waals surface area contributed by atoms with Gasteiger partial charge < -0.3 is 9.72 Å². The first kappa shape index (κ1) is 14.3. The molecule has 1 N–H and O–H groups in total. The Bertz CT molecular complexity index is 1080. The zero-order chi connectivity index (χ0) is 16.5. The standard InChI is InChI=1S/C19H15N3O2/c1-22-12-14(11-20-22)13-5-4-6-15(9-13)24-18-10-19(23)21-17-8-3-2-7-16(17)18/h2-12H,1H3,(H,21,23). The lowest BCUT2D eigenvalue weighted by atomic mass is 10.1. The molecule has 2 aromatic carbocycles. The first-order valence-corrected chi connectivity index (χ1v) is 7.58. The van der Waals surface area contributed by atoms with Crippen molar-refractivity contribution in [1.29, 1.82) is 0 Å². The van der Waals surface area contributed by atoms with Crippen LogP contribution in [0.15, 0.2) is 71.8 Å². The molecule has 5 nitrogen and oxygen atoms in total. The summed E-state index contributed by atoms with van der Waals surface area (Å²) in [5.41, 5.74) is 2.59. The third-order valence-electron chi connectivity index (χ3n) is 3.81. The zero-order valence-electron chi connectivity index (χ0n) is 13.1. The SMILES string of the molecule is Cn1cc(-c2cccc(Oc3cc(=O)[nH]c4ccccc34)c2)cn1. The molecule has 0 aliphatic heterocycles. The first-order chi connectivity index (χ1) is 11.7. The maximum Gasteiger partial charge on any atom is 0.252 e. The molecule has 0 aliphatic carbocycles. The summed E-state index contributed by atoms with van der Waals surface area (Å²) in [6.07, 6.45) is 3.75. The highest BCUT2D eigenvalue weighted by molar-refractivity contribution is 5.85. The average molecular weight is 317 g/mol. The summed E-state index contributed by atoms with van der Waals surface area (Å²) in [4.78, 5) is 14.6. The molecule has 4 aromatic rings. The molecule has 0 aliphatic rings. The molecule has 2 heterocycles. The van der Waals surface area contributed by atoms with E-state index in [0.29, 0.717) is 11.5 Å². The van der Waals surface area contributed by atoms with Crippen molar-refractivity contribution < 1.29 is 4.74 Å². The number of ether oxygens (including phenoxy) is 1. The van der Waals surface area contributed by atoms with Crippen LogP contribution in [0, 0.1) is 0 Å². The molecule has 0 saturated heterocycles. The fourth-order valence-electron chi connectivity index (χ4n) is 2.69. The number of fused-ring (bicyclic) bond motifs is 1. The molecular weight excluding hydrogens is 302 g/mol. The third-order valence-corrected chi connectivity index (χ3v) is 3.81. The van der Waals surface area contributed by atoms with Crippen LogP contribution in [0.2, 0.25) is 0 Å². The lowest BCUT2D eigenvalue weighted by molar-refractivity contribution is 0.487. The van der Waals surface area contributed by atoms with E-state index in [1.807, 2.05) is 68.0 Å². The van der Waals surface area contributed by atoms with E-state index in [2.05, 4.69) is 10.1 Å². The Balaban J connectivity index is 1.75. The van der Waals surface area contributed by atoms with Gasteiger partial charge in [-0.15, -0.1) is 0 Å². The topological polar surface area (TPSA) is 59.9 Å². The van der Waals surface area contributed by atoms with Gasteiger partial charge in [-0.2, -0.15) is 5.10 Å². The number of hydrogen-bond donors (Lipinski definition) is 1. The number of nitrogens with one attached hydrogen (secondary N) is 1. The van der Waals surface area contributed by atoms with Gasteiger partial charge in [-0.25, -0.2) is 0 Å². The van der Waals surface area contributed by atoms with Gasteiger partial charge in [0.1, 0.15) is 11.5 Å². The maximum absolute atomic E-state index is 11.8. The minimum Gasteiger partial charge on any atom is -0.456 e. The molecule has 118 valence electrons. The average Bonchev–Trinajstić information content (AvgIpc) is 3.01. The van der Waals surface area contributed by atoms with Crippen LogP contribution in [-0.4, -0.2) is 14.8 Å². The second-order valence-electron chi connectivity index (χ2n) is 5.58. The number of pyridine rings is 1. The lowest BCUT2D eigenvalue weighted by Crippen LogP contribution is -2.04. The highest BCUT2D eigenvalue weighted by Crippen LogP contribution is 2.30. The minimum atomic E-state index is -0.188. The summed E-state index contributed by atoms with van der Waals surface area (Å²) >= 11 is 0. The van der Waals surface area contributed by atoms with Crippen LogP contribution in [-0.2, 0) is 7.05 Å². The van der Waals surface area contributed by atoms with Gasteiger partial charge in [-0.05, 0) is 29.8 Å². The molecule has 0 spiro atoms. The number of benzene rings is 2. The summed E-state index contributed by atoms with van der Waals surface area (Å²) < 4.78 is 7.75. The van der Waals surface area contributed by atoms with E-state index >= 15 is 0 Å². The Morgan fingerprint density at radius 2 is 1.92 bits per heavy atom. The number of H-pyrrole nitrogens is 1. The van der Waals surface area contributed by atoms with Crippen LogP contribution >= 0.6 is 0 Å². The van der Waals surface area contributed by atoms with Crippen molar-refractivity contribution >= 4 is 10.9 Å². The van der Waals surface area contributed by atoms with E-state index in [9.17, 15) is 4.79 Å². The number of para-hydroxylation sites is 1. The van der Waals surface area contributed by atoms with Crippen molar-refractivity contribution in [3.05, 3.63) is 77.3 Å². The molecule has 0 saturated carbocycles. The normalized spacial score (nSPS) is 10.9. The number of hydrogen-bond acceptors (Lipinski definition) is 3. The van der Waals surface area contributed by atoms with E-state index < -0.39 is 0 Å². The van der Waals surface area contributed by atoms with E-state index in [4.69, 9.17) is 4.74 Å². The predicted octanol–water partition coefficient (Wildman–Crippen LogP) is 3.72. The molecule has 0 bridgehead atoms. The molecule has 0 amide bonds. The molecule has 0 unspecified atom stereocenters. The molecular formula is C19H15N3O2. The van der Waals surface area contributed by atoms with E-state index in [1.165, 1.54) is 6.07 Å². The van der Waals surface area contributed by atoms with Crippen LogP contribution in [0.4, 0.5) is 0 Å². The van der Waals surface area contributed by atoms with Crippen molar-refractivity contribution in [2.75, 3.05) is 0 Å². The van der Waals surface area contributed by atoms with Crippen LogP contribution in [0.5, 0.6) is 11.5 Å².